The van der Waals surface area contributed by atoms with Crippen LogP contribution in [0.1, 0.15) is 39.4 Å². The van der Waals surface area contributed by atoms with Gasteiger partial charge in [-0.2, -0.15) is 0 Å². The monoisotopic (exact) mass is 274 g/mol. The van der Waals surface area contributed by atoms with E-state index in [-0.39, 0.29) is 0 Å². The SMILES string of the molecule is CC(C)(C)C1CN(Cc2ncccn2)C(C2CC2)CN1. The lowest BCUT2D eigenvalue weighted by Gasteiger charge is -2.45. The Morgan fingerprint density at radius 3 is 2.55 bits per heavy atom. The highest BCUT2D eigenvalue weighted by atomic mass is 15.3. The van der Waals surface area contributed by atoms with Crippen molar-refractivity contribution in [1.29, 1.82) is 0 Å². The van der Waals surface area contributed by atoms with Gasteiger partial charge < -0.3 is 5.32 Å². The molecule has 1 aliphatic heterocycles. The molecular weight excluding hydrogens is 248 g/mol. The number of nitrogens with zero attached hydrogens (tertiary/aromatic N) is 3. The van der Waals surface area contributed by atoms with Crippen LogP contribution in [0.3, 0.4) is 0 Å². The van der Waals surface area contributed by atoms with Gasteiger partial charge in [-0.05, 0) is 30.2 Å². The maximum Gasteiger partial charge on any atom is 0.142 e. The van der Waals surface area contributed by atoms with Gasteiger partial charge >= 0.3 is 0 Å². The van der Waals surface area contributed by atoms with Crippen molar-refractivity contribution >= 4 is 0 Å². The minimum absolute atomic E-state index is 0.296. The second kappa shape index (κ2) is 5.41. The van der Waals surface area contributed by atoms with Gasteiger partial charge in [-0.15, -0.1) is 0 Å². The van der Waals surface area contributed by atoms with E-state index >= 15 is 0 Å². The van der Waals surface area contributed by atoms with Crippen molar-refractivity contribution in [2.45, 2.75) is 52.2 Å². The van der Waals surface area contributed by atoms with Crippen LogP contribution in [0.25, 0.3) is 0 Å². The van der Waals surface area contributed by atoms with Crippen LogP contribution in [-0.2, 0) is 6.54 Å². The number of piperazine rings is 1. The minimum Gasteiger partial charge on any atom is -0.311 e. The maximum atomic E-state index is 4.40. The van der Waals surface area contributed by atoms with Gasteiger partial charge in [0.25, 0.3) is 0 Å². The molecule has 2 aliphatic rings. The zero-order valence-corrected chi connectivity index (χ0v) is 12.8. The second-order valence-electron chi connectivity index (χ2n) is 7.33. The second-order valence-corrected chi connectivity index (χ2v) is 7.33. The standard InChI is InChI=1S/C16H26N4/c1-16(2,3)14-10-20(11-15-17-7-4-8-18-15)13(9-19-14)12-5-6-12/h4,7-8,12-14,19H,5-6,9-11H2,1-3H3. The Morgan fingerprint density at radius 2 is 1.95 bits per heavy atom. The van der Waals surface area contributed by atoms with Crippen LogP contribution >= 0.6 is 0 Å². The lowest BCUT2D eigenvalue weighted by atomic mass is 9.84. The Morgan fingerprint density at radius 1 is 1.25 bits per heavy atom. The summed E-state index contributed by atoms with van der Waals surface area (Å²) in [6.07, 6.45) is 6.47. The smallest absolute Gasteiger partial charge is 0.142 e. The van der Waals surface area contributed by atoms with Crippen LogP contribution in [0.2, 0.25) is 0 Å². The zero-order valence-electron chi connectivity index (χ0n) is 12.8. The first kappa shape index (κ1) is 14.0. The van der Waals surface area contributed by atoms with Crippen LogP contribution in [0.4, 0.5) is 0 Å². The molecule has 2 unspecified atom stereocenters. The molecule has 1 aliphatic carbocycles. The topological polar surface area (TPSA) is 41.1 Å². The molecule has 0 spiro atoms. The molecule has 1 saturated carbocycles. The average molecular weight is 274 g/mol. The third-order valence-corrected chi connectivity index (χ3v) is 4.63. The Bertz CT molecular complexity index is 436. The minimum atomic E-state index is 0.296. The highest BCUT2D eigenvalue weighted by Gasteiger charge is 2.41. The van der Waals surface area contributed by atoms with E-state index in [1.54, 1.807) is 0 Å². The zero-order chi connectivity index (χ0) is 14.2. The Balaban J connectivity index is 1.72. The lowest BCUT2D eigenvalue weighted by Crippen LogP contribution is -2.60. The van der Waals surface area contributed by atoms with E-state index in [1.807, 2.05) is 18.5 Å². The van der Waals surface area contributed by atoms with Gasteiger partial charge in [0.2, 0.25) is 0 Å². The van der Waals surface area contributed by atoms with Crippen LogP contribution in [0.15, 0.2) is 18.5 Å². The van der Waals surface area contributed by atoms with Gasteiger partial charge in [-0.3, -0.25) is 4.90 Å². The molecule has 1 N–H and O–H groups in total. The molecule has 3 rings (SSSR count). The van der Waals surface area contributed by atoms with E-state index in [4.69, 9.17) is 0 Å². The first-order valence-electron chi connectivity index (χ1n) is 7.77. The first-order chi connectivity index (χ1) is 9.54. The molecule has 1 aromatic rings. The Labute approximate surface area is 122 Å². The molecule has 0 bridgehead atoms. The molecule has 0 aromatic carbocycles. The highest BCUT2D eigenvalue weighted by Crippen LogP contribution is 2.37. The van der Waals surface area contributed by atoms with Crippen molar-refractivity contribution in [1.82, 2.24) is 20.2 Å². The van der Waals surface area contributed by atoms with Crippen molar-refractivity contribution in [2.75, 3.05) is 13.1 Å². The van der Waals surface area contributed by atoms with Gasteiger partial charge in [0, 0.05) is 37.6 Å². The number of hydrogen-bond acceptors (Lipinski definition) is 4. The van der Waals surface area contributed by atoms with Crippen LogP contribution < -0.4 is 5.32 Å². The summed E-state index contributed by atoms with van der Waals surface area (Å²) < 4.78 is 0. The largest absolute Gasteiger partial charge is 0.311 e. The summed E-state index contributed by atoms with van der Waals surface area (Å²) in [7, 11) is 0. The summed E-state index contributed by atoms with van der Waals surface area (Å²) in [4.78, 5) is 11.4. The summed E-state index contributed by atoms with van der Waals surface area (Å²) in [6.45, 7) is 10.1. The molecule has 0 radical (unpaired) electrons. The summed E-state index contributed by atoms with van der Waals surface area (Å²) >= 11 is 0. The molecule has 2 fully saturated rings. The number of aromatic nitrogens is 2. The highest BCUT2D eigenvalue weighted by molar-refractivity contribution is 5.00. The predicted molar refractivity (Wildman–Crippen MR) is 80.2 cm³/mol. The fourth-order valence-electron chi connectivity index (χ4n) is 3.13. The fraction of sp³-hybridized carbons (Fsp3) is 0.750. The molecule has 0 amide bonds. The Hall–Kier alpha value is -1.00. The van der Waals surface area contributed by atoms with Crippen molar-refractivity contribution in [3.05, 3.63) is 24.3 Å². The van der Waals surface area contributed by atoms with E-state index < -0.39 is 0 Å². The summed E-state index contributed by atoms with van der Waals surface area (Å²) in [6, 6.07) is 3.09. The van der Waals surface area contributed by atoms with Crippen molar-refractivity contribution in [3.63, 3.8) is 0 Å². The normalized spacial score (nSPS) is 28.6. The Kier molecular flexibility index (Phi) is 3.78. The molecule has 1 aromatic heterocycles. The van der Waals surface area contributed by atoms with Crippen molar-refractivity contribution in [3.8, 4) is 0 Å². The predicted octanol–water partition coefficient (Wildman–Crippen LogP) is 2.08. The molecule has 1 saturated heterocycles. The van der Waals surface area contributed by atoms with Crippen molar-refractivity contribution < 1.29 is 0 Å². The van der Waals surface area contributed by atoms with E-state index in [2.05, 4.69) is 41.0 Å². The third kappa shape index (κ3) is 3.18. The van der Waals surface area contributed by atoms with E-state index in [9.17, 15) is 0 Å². The number of hydrogen-bond donors (Lipinski definition) is 1. The van der Waals surface area contributed by atoms with Gasteiger partial charge in [-0.1, -0.05) is 20.8 Å². The number of rotatable bonds is 3. The van der Waals surface area contributed by atoms with Crippen LogP contribution in [0, 0.1) is 11.3 Å². The van der Waals surface area contributed by atoms with Gasteiger partial charge in [0.05, 0.1) is 6.54 Å². The first-order valence-corrected chi connectivity index (χ1v) is 7.77. The van der Waals surface area contributed by atoms with Crippen molar-refractivity contribution in [2.24, 2.45) is 11.3 Å². The molecule has 4 heteroatoms. The molecule has 2 atom stereocenters. The van der Waals surface area contributed by atoms with Gasteiger partial charge in [-0.25, -0.2) is 9.97 Å². The van der Waals surface area contributed by atoms with Crippen LogP contribution in [0.5, 0.6) is 0 Å². The maximum absolute atomic E-state index is 4.40. The molecular formula is C16H26N4. The fourth-order valence-corrected chi connectivity index (χ4v) is 3.13. The quantitative estimate of drug-likeness (QED) is 0.916. The molecule has 110 valence electrons. The van der Waals surface area contributed by atoms with E-state index in [0.29, 0.717) is 17.5 Å². The summed E-state index contributed by atoms with van der Waals surface area (Å²) in [5.41, 5.74) is 0.296. The summed E-state index contributed by atoms with van der Waals surface area (Å²) in [5, 5.41) is 3.76. The summed E-state index contributed by atoms with van der Waals surface area (Å²) in [5.74, 6) is 1.83. The average Bonchev–Trinajstić information content (AvgIpc) is 3.23. The molecule has 2 heterocycles. The number of nitrogens with one attached hydrogen (secondary N) is 1. The molecule has 20 heavy (non-hydrogen) atoms. The van der Waals surface area contributed by atoms with Gasteiger partial charge in [0.15, 0.2) is 0 Å². The van der Waals surface area contributed by atoms with Gasteiger partial charge in [0.1, 0.15) is 5.82 Å². The van der Waals surface area contributed by atoms with E-state index in [1.165, 1.54) is 12.8 Å². The third-order valence-electron chi connectivity index (χ3n) is 4.63. The van der Waals surface area contributed by atoms with Crippen LogP contribution in [-0.4, -0.2) is 40.0 Å². The molecule has 4 nitrogen and oxygen atoms in total. The lowest BCUT2D eigenvalue weighted by molar-refractivity contribution is 0.0668. The van der Waals surface area contributed by atoms with E-state index in [0.717, 1.165) is 31.4 Å².